The Balaban J connectivity index is 1.97. The molecule has 1 nitrogen and oxygen atoms in total. The molecule has 88 valence electrons. The first kappa shape index (κ1) is 11.7. The number of hydrogen-bond acceptors (Lipinski definition) is 1. The number of rotatable bonds is 4. The third-order valence-corrected chi connectivity index (χ3v) is 3.21. The van der Waals surface area contributed by atoms with Gasteiger partial charge < -0.3 is 5.11 Å². The molecule has 0 aliphatic rings. The zero-order chi connectivity index (χ0) is 12.1. The van der Waals surface area contributed by atoms with Gasteiger partial charge in [-0.3, -0.25) is 0 Å². The van der Waals surface area contributed by atoms with Crippen LogP contribution in [0, 0.1) is 0 Å². The summed E-state index contributed by atoms with van der Waals surface area (Å²) in [5.74, 6) is 0.934. The predicted octanol–water partition coefficient (Wildman–Crippen LogP) is 4.13. The average Bonchev–Trinajstić information content (AvgIpc) is 2.38. The molecule has 1 atom stereocenters. The van der Waals surface area contributed by atoms with E-state index in [2.05, 4.69) is 31.2 Å². The summed E-state index contributed by atoms with van der Waals surface area (Å²) in [6, 6.07) is 18.1. The van der Waals surface area contributed by atoms with E-state index in [1.165, 1.54) is 5.56 Å². The molecule has 0 aliphatic heterocycles. The fourth-order valence-corrected chi connectivity index (χ4v) is 2.04. The van der Waals surface area contributed by atoms with Gasteiger partial charge in [0.05, 0.1) is 0 Å². The van der Waals surface area contributed by atoms with Crippen LogP contribution in [0.15, 0.2) is 54.6 Å². The number of phenolic OH excluding ortho intramolecular Hbond substituents is 1. The Kier molecular flexibility index (Phi) is 3.81. The second-order valence-electron chi connectivity index (χ2n) is 4.48. The van der Waals surface area contributed by atoms with Crippen molar-refractivity contribution in [3.63, 3.8) is 0 Å². The first-order chi connectivity index (χ1) is 8.27. The van der Waals surface area contributed by atoms with Crippen molar-refractivity contribution >= 4 is 0 Å². The Bertz CT molecular complexity index is 462. The Morgan fingerprint density at radius 3 is 2.29 bits per heavy atom. The highest BCUT2D eigenvalue weighted by Gasteiger charge is 2.06. The van der Waals surface area contributed by atoms with E-state index in [1.807, 2.05) is 24.3 Å². The number of aromatic hydroxyl groups is 1. The lowest BCUT2D eigenvalue weighted by Gasteiger charge is -2.12. The molecule has 2 aromatic carbocycles. The van der Waals surface area contributed by atoms with Gasteiger partial charge in [-0.2, -0.15) is 0 Å². The van der Waals surface area contributed by atoms with Gasteiger partial charge in [0.1, 0.15) is 5.75 Å². The SMILES string of the molecule is CC(CCc1ccccc1O)c1ccccc1. The maximum Gasteiger partial charge on any atom is 0.118 e. The van der Waals surface area contributed by atoms with Gasteiger partial charge >= 0.3 is 0 Å². The molecule has 0 spiro atoms. The first-order valence-corrected chi connectivity index (χ1v) is 6.09. The van der Waals surface area contributed by atoms with Gasteiger partial charge in [-0.1, -0.05) is 55.5 Å². The maximum atomic E-state index is 9.69. The molecule has 1 unspecified atom stereocenters. The van der Waals surface area contributed by atoms with E-state index in [-0.39, 0.29) is 0 Å². The molecule has 0 radical (unpaired) electrons. The fourth-order valence-electron chi connectivity index (χ4n) is 2.04. The second-order valence-corrected chi connectivity index (χ2v) is 4.48. The van der Waals surface area contributed by atoms with Crippen molar-refractivity contribution in [2.24, 2.45) is 0 Å². The molecule has 0 fully saturated rings. The second kappa shape index (κ2) is 5.53. The van der Waals surface area contributed by atoms with Crippen LogP contribution in [0.4, 0.5) is 0 Å². The first-order valence-electron chi connectivity index (χ1n) is 6.09. The van der Waals surface area contributed by atoms with E-state index in [4.69, 9.17) is 0 Å². The quantitative estimate of drug-likeness (QED) is 0.831. The molecule has 0 aliphatic carbocycles. The van der Waals surface area contributed by atoms with Gasteiger partial charge in [0.25, 0.3) is 0 Å². The van der Waals surface area contributed by atoms with E-state index >= 15 is 0 Å². The molecule has 0 amide bonds. The van der Waals surface area contributed by atoms with Crippen molar-refractivity contribution < 1.29 is 5.11 Å². The van der Waals surface area contributed by atoms with Crippen molar-refractivity contribution in [3.8, 4) is 5.75 Å². The van der Waals surface area contributed by atoms with Crippen molar-refractivity contribution in [1.82, 2.24) is 0 Å². The van der Waals surface area contributed by atoms with Crippen LogP contribution in [0.1, 0.15) is 30.4 Å². The molecule has 1 heteroatoms. The smallest absolute Gasteiger partial charge is 0.118 e. The zero-order valence-electron chi connectivity index (χ0n) is 10.1. The van der Waals surface area contributed by atoms with E-state index < -0.39 is 0 Å². The van der Waals surface area contributed by atoms with Crippen molar-refractivity contribution in [2.45, 2.75) is 25.7 Å². The minimum atomic E-state index is 0.410. The third-order valence-electron chi connectivity index (χ3n) is 3.21. The van der Waals surface area contributed by atoms with Crippen molar-refractivity contribution in [3.05, 3.63) is 65.7 Å². The van der Waals surface area contributed by atoms with Crippen LogP contribution in [-0.2, 0) is 6.42 Å². The third kappa shape index (κ3) is 3.10. The van der Waals surface area contributed by atoms with E-state index in [0.29, 0.717) is 11.7 Å². The summed E-state index contributed by atoms with van der Waals surface area (Å²) < 4.78 is 0. The molecule has 0 bridgehead atoms. The van der Waals surface area contributed by atoms with Crippen LogP contribution in [0.3, 0.4) is 0 Å². The van der Waals surface area contributed by atoms with Crippen molar-refractivity contribution in [2.75, 3.05) is 0 Å². The van der Waals surface area contributed by atoms with Crippen molar-refractivity contribution in [1.29, 1.82) is 0 Å². The lowest BCUT2D eigenvalue weighted by molar-refractivity contribution is 0.466. The molecule has 0 aromatic heterocycles. The molecule has 0 saturated heterocycles. The van der Waals surface area contributed by atoms with Crippen LogP contribution in [0.25, 0.3) is 0 Å². The summed E-state index contributed by atoms with van der Waals surface area (Å²) >= 11 is 0. The highest BCUT2D eigenvalue weighted by Crippen LogP contribution is 2.24. The van der Waals surface area contributed by atoms with Gasteiger partial charge in [-0.15, -0.1) is 0 Å². The van der Waals surface area contributed by atoms with E-state index in [0.717, 1.165) is 18.4 Å². The number of phenols is 1. The summed E-state index contributed by atoms with van der Waals surface area (Å²) in [6.07, 6.45) is 1.98. The number of para-hydroxylation sites is 1. The molecule has 2 aromatic rings. The van der Waals surface area contributed by atoms with Gasteiger partial charge in [0.15, 0.2) is 0 Å². The summed E-state index contributed by atoms with van der Waals surface area (Å²) in [5, 5.41) is 9.69. The fraction of sp³-hybridized carbons (Fsp3) is 0.250. The Hall–Kier alpha value is -1.76. The Labute approximate surface area is 103 Å². The molecular weight excluding hydrogens is 208 g/mol. The minimum Gasteiger partial charge on any atom is -0.508 e. The molecule has 2 rings (SSSR count). The molecule has 17 heavy (non-hydrogen) atoms. The van der Waals surface area contributed by atoms with Crippen LogP contribution >= 0.6 is 0 Å². The maximum absolute atomic E-state index is 9.69. The number of benzene rings is 2. The van der Waals surface area contributed by atoms with Crippen LogP contribution in [0.2, 0.25) is 0 Å². The van der Waals surface area contributed by atoms with Crippen LogP contribution in [0.5, 0.6) is 5.75 Å². The normalized spacial score (nSPS) is 12.3. The monoisotopic (exact) mass is 226 g/mol. The summed E-state index contributed by atoms with van der Waals surface area (Å²) in [7, 11) is 0. The van der Waals surface area contributed by atoms with E-state index in [9.17, 15) is 5.11 Å². The highest BCUT2D eigenvalue weighted by atomic mass is 16.3. The standard InChI is InChI=1S/C16H18O/c1-13(14-7-3-2-4-8-14)11-12-15-9-5-6-10-16(15)17/h2-10,13,17H,11-12H2,1H3. The molecule has 0 heterocycles. The highest BCUT2D eigenvalue weighted by molar-refractivity contribution is 5.32. The molecule has 0 saturated carbocycles. The Morgan fingerprint density at radius 1 is 0.941 bits per heavy atom. The molecule has 1 N–H and O–H groups in total. The minimum absolute atomic E-state index is 0.410. The number of aryl methyl sites for hydroxylation is 1. The predicted molar refractivity (Wildman–Crippen MR) is 71.3 cm³/mol. The summed E-state index contributed by atoms with van der Waals surface area (Å²) in [5.41, 5.74) is 2.40. The lowest BCUT2D eigenvalue weighted by Crippen LogP contribution is -1.96. The topological polar surface area (TPSA) is 20.2 Å². The average molecular weight is 226 g/mol. The lowest BCUT2D eigenvalue weighted by atomic mass is 9.94. The molecular formula is C16H18O. The van der Waals surface area contributed by atoms with Gasteiger partial charge in [-0.25, -0.2) is 0 Å². The zero-order valence-corrected chi connectivity index (χ0v) is 10.1. The van der Waals surface area contributed by atoms with Gasteiger partial charge in [-0.05, 0) is 36.0 Å². The Morgan fingerprint density at radius 2 is 1.59 bits per heavy atom. The number of hydrogen-bond donors (Lipinski definition) is 1. The van der Waals surface area contributed by atoms with Crippen LogP contribution < -0.4 is 0 Å². The largest absolute Gasteiger partial charge is 0.508 e. The van der Waals surface area contributed by atoms with Crippen LogP contribution in [-0.4, -0.2) is 5.11 Å². The van der Waals surface area contributed by atoms with E-state index in [1.54, 1.807) is 6.07 Å². The van der Waals surface area contributed by atoms with Gasteiger partial charge in [0.2, 0.25) is 0 Å². The van der Waals surface area contributed by atoms with Gasteiger partial charge in [0, 0.05) is 0 Å². The summed E-state index contributed by atoms with van der Waals surface area (Å²) in [6.45, 7) is 2.23. The summed E-state index contributed by atoms with van der Waals surface area (Å²) in [4.78, 5) is 0.